The van der Waals surface area contributed by atoms with E-state index in [-0.39, 0.29) is 19.1 Å². The average Bonchev–Trinajstić information content (AvgIpc) is 2.17. The van der Waals surface area contributed by atoms with Gasteiger partial charge in [0.2, 0.25) is 0 Å². The molecule has 16 heavy (non-hydrogen) atoms. The zero-order valence-electron chi connectivity index (χ0n) is 10.3. The van der Waals surface area contributed by atoms with E-state index in [0.717, 1.165) is 0 Å². The van der Waals surface area contributed by atoms with E-state index in [9.17, 15) is 4.57 Å². The first-order chi connectivity index (χ1) is 7.50. The largest absolute Gasteiger partial charge is 0.339 e. The van der Waals surface area contributed by atoms with Crippen LogP contribution >= 0.6 is 7.60 Å². The first-order valence-corrected chi connectivity index (χ1v) is 7.04. The fraction of sp³-hybridized carbons (Fsp3) is 1.00. The van der Waals surface area contributed by atoms with Crippen molar-refractivity contribution in [2.75, 3.05) is 13.2 Å². The maximum Gasteiger partial charge on any atom is 0.339 e. The molecule has 0 rings (SSSR count). The molecular weight excluding hydrogens is 229 g/mol. The van der Waals surface area contributed by atoms with Gasteiger partial charge < -0.3 is 9.05 Å². The average molecular weight is 249 g/mol. The van der Waals surface area contributed by atoms with Crippen molar-refractivity contribution in [1.82, 2.24) is 0 Å². The molecule has 94 valence electrons. The molecule has 0 aliphatic heterocycles. The minimum absolute atomic E-state index is 0.254. The Labute approximate surface area is 96.5 Å². The van der Waals surface area contributed by atoms with Crippen LogP contribution in [0.1, 0.15) is 34.1 Å². The van der Waals surface area contributed by atoms with E-state index in [1.807, 2.05) is 13.8 Å². The lowest BCUT2D eigenvalue weighted by Gasteiger charge is -2.23. The number of rotatable bonds is 8. The minimum Gasteiger partial charge on any atom is -0.309 e. The smallest absolute Gasteiger partial charge is 0.309 e. The summed E-state index contributed by atoms with van der Waals surface area (Å²) in [7, 11) is -3.32. The highest BCUT2D eigenvalue weighted by Crippen LogP contribution is 2.55. The van der Waals surface area contributed by atoms with Crippen LogP contribution in [0.2, 0.25) is 0 Å². The van der Waals surface area contributed by atoms with Crippen LogP contribution < -0.4 is 0 Å². The first-order valence-electron chi connectivity index (χ1n) is 5.43. The van der Waals surface area contributed by atoms with Crippen molar-refractivity contribution >= 4 is 7.60 Å². The zero-order valence-corrected chi connectivity index (χ0v) is 11.2. The molecule has 0 aliphatic rings. The second kappa shape index (κ2) is 7.69. The summed E-state index contributed by atoms with van der Waals surface area (Å²) in [4.78, 5) is 2.71. The highest BCUT2D eigenvalue weighted by atomic mass is 31.2. The Bertz CT molecular complexity index is 280. The lowest BCUT2D eigenvalue weighted by Crippen LogP contribution is -2.13. The van der Waals surface area contributed by atoms with Gasteiger partial charge >= 0.3 is 7.60 Å². The summed E-state index contributed by atoms with van der Waals surface area (Å²) in [6, 6.07) is 0. The molecule has 0 heterocycles. The van der Waals surface area contributed by atoms with E-state index in [1.54, 1.807) is 13.8 Å². The van der Waals surface area contributed by atoms with Gasteiger partial charge in [-0.05, 0) is 31.7 Å². The Morgan fingerprint density at radius 3 is 2.12 bits per heavy atom. The van der Waals surface area contributed by atoms with E-state index in [0.29, 0.717) is 6.42 Å². The molecule has 1 unspecified atom stereocenters. The maximum atomic E-state index is 12.3. The van der Waals surface area contributed by atoms with Crippen LogP contribution in [0.4, 0.5) is 0 Å². The van der Waals surface area contributed by atoms with Gasteiger partial charge in [0, 0.05) is 4.91 Å². The number of hydrogen-bond donors (Lipinski definition) is 0. The van der Waals surface area contributed by atoms with E-state index in [2.05, 4.69) is 10.0 Å². The zero-order chi connectivity index (χ0) is 12.6. The monoisotopic (exact) mass is 249 g/mol. The Hall–Kier alpha value is -0.540. The molecule has 0 aromatic rings. The Morgan fingerprint density at radius 1 is 1.31 bits per heavy atom. The summed E-state index contributed by atoms with van der Waals surface area (Å²) in [5, 5.41) is 3.54. The fourth-order valence-corrected chi connectivity index (χ4v) is 3.28. The van der Waals surface area contributed by atoms with Crippen LogP contribution in [0.5, 0.6) is 0 Å². The molecule has 0 aliphatic carbocycles. The van der Waals surface area contributed by atoms with E-state index >= 15 is 0 Å². The number of hydrogen-bond acceptors (Lipinski definition) is 4. The lowest BCUT2D eigenvalue weighted by atomic mass is 10.1. The van der Waals surface area contributed by atoms with Crippen LogP contribution in [0.3, 0.4) is 0 Å². The number of nitrogens with zero attached hydrogens (tertiary/aromatic N) is 3. The van der Waals surface area contributed by atoms with Crippen molar-refractivity contribution in [3.05, 3.63) is 10.4 Å². The van der Waals surface area contributed by atoms with Crippen molar-refractivity contribution < 1.29 is 13.6 Å². The molecule has 0 fully saturated rings. The standard InChI is InChI=1S/C9H20N3O3P/c1-5-14-16(13,15-6-2)9(11-12-10)7-8(3)4/h8-9H,5-7H2,1-4H3. The van der Waals surface area contributed by atoms with Crippen molar-refractivity contribution in [1.29, 1.82) is 0 Å². The molecular formula is C9H20N3O3P. The first kappa shape index (κ1) is 15.5. The maximum absolute atomic E-state index is 12.3. The van der Waals surface area contributed by atoms with Crippen LogP contribution in [-0.2, 0) is 13.6 Å². The third-order valence-electron chi connectivity index (χ3n) is 1.85. The highest BCUT2D eigenvalue weighted by molar-refractivity contribution is 7.54. The van der Waals surface area contributed by atoms with Gasteiger partial charge in [0.05, 0.1) is 13.2 Å². The van der Waals surface area contributed by atoms with E-state index < -0.39 is 13.4 Å². The molecule has 7 heteroatoms. The predicted molar refractivity (Wildman–Crippen MR) is 63.2 cm³/mol. The second-order valence-electron chi connectivity index (χ2n) is 3.69. The molecule has 0 bridgehead atoms. The molecule has 0 aromatic heterocycles. The van der Waals surface area contributed by atoms with Crippen LogP contribution in [0.25, 0.3) is 10.4 Å². The quantitative estimate of drug-likeness (QED) is 0.282. The van der Waals surface area contributed by atoms with Crippen LogP contribution in [0.15, 0.2) is 5.11 Å². The summed E-state index contributed by atoms with van der Waals surface area (Å²) >= 11 is 0. The van der Waals surface area contributed by atoms with Crippen LogP contribution in [-0.4, -0.2) is 19.0 Å². The second-order valence-corrected chi connectivity index (χ2v) is 5.88. The Morgan fingerprint density at radius 2 is 1.81 bits per heavy atom. The molecule has 0 amide bonds. The van der Waals surface area contributed by atoms with Gasteiger partial charge in [-0.1, -0.05) is 19.0 Å². The SMILES string of the molecule is CCOP(=O)(OCC)C(CC(C)C)N=[N+]=[N-]. The Balaban J connectivity index is 4.92. The van der Waals surface area contributed by atoms with Crippen molar-refractivity contribution in [2.45, 2.75) is 39.9 Å². The third-order valence-corrected chi connectivity index (χ3v) is 4.13. The summed E-state index contributed by atoms with van der Waals surface area (Å²) in [5.74, 6) is -0.484. The Kier molecular flexibility index (Phi) is 7.43. The normalized spacial score (nSPS) is 13.6. The molecule has 1 atom stereocenters. The summed E-state index contributed by atoms with van der Waals surface area (Å²) < 4.78 is 22.6. The van der Waals surface area contributed by atoms with Crippen molar-refractivity contribution in [3.8, 4) is 0 Å². The van der Waals surface area contributed by atoms with Gasteiger partial charge in [-0.25, -0.2) is 0 Å². The van der Waals surface area contributed by atoms with Gasteiger partial charge in [-0.2, -0.15) is 0 Å². The molecule has 0 spiro atoms. The predicted octanol–water partition coefficient (Wildman–Crippen LogP) is 3.94. The minimum atomic E-state index is -3.32. The van der Waals surface area contributed by atoms with Gasteiger partial charge in [0.15, 0.2) is 0 Å². The summed E-state index contributed by atoms with van der Waals surface area (Å²) in [6.07, 6.45) is 0.487. The van der Waals surface area contributed by atoms with E-state index in [4.69, 9.17) is 14.6 Å². The topological polar surface area (TPSA) is 84.3 Å². The highest BCUT2D eigenvalue weighted by Gasteiger charge is 2.35. The lowest BCUT2D eigenvalue weighted by molar-refractivity contribution is 0.209. The molecule has 0 N–H and O–H groups in total. The number of azide groups is 1. The van der Waals surface area contributed by atoms with E-state index in [1.165, 1.54) is 0 Å². The van der Waals surface area contributed by atoms with Gasteiger partial charge in [-0.3, -0.25) is 4.57 Å². The fourth-order valence-electron chi connectivity index (χ4n) is 1.29. The van der Waals surface area contributed by atoms with Crippen LogP contribution in [0, 0.1) is 5.92 Å². The van der Waals surface area contributed by atoms with Crippen molar-refractivity contribution in [3.63, 3.8) is 0 Å². The van der Waals surface area contributed by atoms with Gasteiger partial charge in [0.25, 0.3) is 0 Å². The summed E-state index contributed by atoms with van der Waals surface area (Å²) in [6.45, 7) is 7.92. The van der Waals surface area contributed by atoms with Gasteiger partial charge in [-0.15, -0.1) is 0 Å². The summed E-state index contributed by atoms with van der Waals surface area (Å²) in [5.41, 5.74) is 8.48. The van der Waals surface area contributed by atoms with Crippen molar-refractivity contribution in [2.24, 2.45) is 11.0 Å². The molecule has 0 saturated carbocycles. The molecule has 0 aromatic carbocycles. The molecule has 6 nitrogen and oxygen atoms in total. The third kappa shape index (κ3) is 4.99. The van der Waals surface area contributed by atoms with Gasteiger partial charge in [0.1, 0.15) is 5.78 Å². The molecule has 0 saturated heterocycles. The molecule has 0 radical (unpaired) electrons.